The number of imidazole rings is 1. The molecule has 160 valence electrons. The molecular formula is C20H26N6O4. The molecule has 1 saturated heterocycles. The highest BCUT2D eigenvalue weighted by Gasteiger charge is 2.52. The third kappa shape index (κ3) is 2.67. The van der Waals surface area contributed by atoms with Crippen molar-refractivity contribution < 1.29 is 19.7 Å². The minimum Gasteiger partial charge on any atom is -0.387 e. The smallest absolute Gasteiger partial charge is 0.252 e. The van der Waals surface area contributed by atoms with Gasteiger partial charge in [0.1, 0.15) is 24.1 Å². The predicted molar refractivity (Wildman–Crippen MR) is 105 cm³/mol. The molecule has 10 nitrogen and oxygen atoms in total. The highest BCUT2D eigenvalue weighted by Crippen LogP contribution is 2.53. The van der Waals surface area contributed by atoms with E-state index in [1.807, 2.05) is 0 Å². The Balaban J connectivity index is 1.21. The van der Waals surface area contributed by atoms with Gasteiger partial charge in [0.25, 0.3) is 5.91 Å². The van der Waals surface area contributed by atoms with Crippen molar-refractivity contribution in [2.24, 2.45) is 23.7 Å². The number of amides is 1. The number of nitrogen functional groups attached to an aromatic ring is 1. The lowest BCUT2D eigenvalue weighted by atomic mass is 9.54. The van der Waals surface area contributed by atoms with Gasteiger partial charge in [0, 0.05) is 6.04 Å². The number of nitrogens with zero attached hydrogens (tertiary/aromatic N) is 4. The van der Waals surface area contributed by atoms with Crippen LogP contribution in [0.15, 0.2) is 12.7 Å². The lowest BCUT2D eigenvalue weighted by molar-refractivity contribution is -0.141. The Morgan fingerprint density at radius 1 is 1.07 bits per heavy atom. The van der Waals surface area contributed by atoms with Crippen molar-refractivity contribution in [1.29, 1.82) is 0 Å². The summed E-state index contributed by atoms with van der Waals surface area (Å²) in [6, 6.07) is 0.138. The summed E-state index contributed by atoms with van der Waals surface area (Å²) in [6.45, 7) is 0. The fourth-order valence-corrected chi connectivity index (χ4v) is 6.57. The largest absolute Gasteiger partial charge is 0.387 e. The van der Waals surface area contributed by atoms with E-state index < -0.39 is 24.5 Å². The molecule has 1 unspecified atom stereocenters. The molecule has 4 atom stereocenters. The Labute approximate surface area is 172 Å². The number of anilines is 1. The monoisotopic (exact) mass is 414 g/mol. The molecular weight excluding hydrogens is 388 g/mol. The number of ether oxygens (including phenoxy) is 1. The van der Waals surface area contributed by atoms with Crippen molar-refractivity contribution in [1.82, 2.24) is 24.8 Å². The highest BCUT2D eigenvalue weighted by atomic mass is 16.6. The zero-order valence-electron chi connectivity index (χ0n) is 16.5. The van der Waals surface area contributed by atoms with Crippen LogP contribution in [-0.2, 0) is 9.53 Å². The highest BCUT2D eigenvalue weighted by molar-refractivity contribution is 5.83. The topological polar surface area (TPSA) is 148 Å². The molecule has 2 aromatic heterocycles. The first-order valence-corrected chi connectivity index (χ1v) is 10.7. The fraction of sp³-hybridized carbons (Fsp3) is 0.700. The average molecular weight is 414 g/mol. The van der Waals surface area contributed by atoms with Crippen molar-refractivity contribution >= 4 is 22.9 Å². The van der Waals surface area contributed by atoms with Gasteiger partial charge in [-0.1, -0.05) is 0 Å². The van der Waals surface area contributed by atoms with Gasteiger partial charge in [-0.3, -0.25) is 9.36 Å². The minimum atomic E-state index is -1.34. The number of rotatable bonds is 3. The number of hydrogen-bond donors (Lipinski definition) is 4. The molecule has 0 aromatic carbocycles. The van der Waals surface area contributed by atoms with Crippen LogP contribution in [0.1, 0.15) is 38.3 Å². The SMILES string of the molecule is Nc1ncnc2c1ncn2C1O[C@H](C(=O)NC2C3CC4CC(C3)CC2C4)[C@@H](O)[C@H]1O. The van der Waals surface area contributed by atoms with Crippen molar-refractivity contribution in [3.05, 3.63) is 12.7 Å². The van der Waals surface area contributed by atoms with E-state index in [-0.39, 0.29) is 17.8 Å². The quantitative estimate of drug-likeness (QED) is 0.547. The molecule has 5 N–H and O–H groups in total. The number of carbonyl (C=O) groups excluding carboxylic acids is 1. The van der Waals surface area contributed by atoms with Gasteiger partial charge in [0.15, 0.2) is 23.8 Å². The average Bonchev–Trinajstić information content (AvgIpc) is 3.27. The van der Waals surface area contributed by atoms with E-state index in [1.165, 1.54) is 49.3 Å². The third-order valence-electron chi connectivity index (χ3n) is 7.69. The van der Waals surface area contributed by atoms with E-state index in [0.717, 1.165) is 11.8 Å². The van der Waals surface area contributed by atoms with Crippen LogP contribution in [0.4, 0.5) is 5.82 Å². The molecule has 7 rings (SSSR count). The van der Waals surface area contributed by atoms with Gasteiger partial charge < -0.3 is 26.0 Å². The molecule has 4 saturated carbocycles. The standard InChI is InChI=1S/C20H26N6O4/c21-17-13-18(23-6-22-17)26(7-24-13)20-15(28)14(27)16(30-20)19(29)25-12-10-2-8-1-9(4-10)5-11(12)3-8/h6-12,14-16,20,27-28H,1-5H2,(H,25,29)(H2,21,22,23)/t8?,9?,10?,11?,12?,14-,15+,16-,20?/m0/s1. The number of carbonyl (C=O) groups is 1. The second-order valence-corrected chi connectivity index (χ2v) is 9.48. The summed E-state index contributed by atoms with van der Waals surface area (Å²) < 4.78 is 7.33. The summed E-state index contributed by atoms with van der Waals surface area (Å²) in [4.78, 5) is 25.3. The number of aromatic nitrogens is 4. The molecule has 4 aliphatic carbocycles. The Hall–Kier alpha value is -2.30. The van der Waals surface area contributed by atoms with Crippen LogP contribution in [0, 0.1) is 23.7 Å². The summed E-state index contributed by atoms with van der Waals surface area (Å²) >= 11 is 0. The normalized spacial score (nSPS) is 42.1. The van der Waals surface area contributed by atoms with Gasteiger partial charge in [-0.15, -0.1) is 0 Å². The zero-order valence-corrected chi connectivity index (χ0v) is 16.5. The second-order valence-electron chi connectivity index (χ2n) is 9.48. The lowest BCUT2D eigenvalue weighted by Gasteiger charge is -2.54. The molecule has 10 heteroatoms. The molecule has 1 aliphatic heterocycles. The summed E-state index contributed by atoms with van der Waals surface area (Å²) in [6.07, 6.45) is 4.00. The summed E-state index contributed by atoms with van der Waals surface area (Å²) in [5.41, 5.74) is 6.58. The Kier molecular flexibility index (Phi) is 4.06. The first-order chi connectivity index (χ1) is 14.5. The van der Waals surface area contributed by atoms with Crippen LogP contribution in [-0.4, -0.2) is 60.0 Å². The maximum Gasteiger partial charge on any atom is 0.252 e. The minimum absolute atomic E-state index is 0.138. The van der Waals surface area contributed by atoms with E-state index in [9.17, 15) is 15.0 Å². The third-order valence-corrected chi connectivity index (χ3v) is 7.69. The van der Waals surface area contributed by atoms with Crippen molar-refractivity contribution in [3.8, 4) is 0 Å². The summed E-state index contributed by atoms with van der Waals surface area (Å²) in [5.74, 6) is 2.50. The Bertz CT molecular complexity index is 967. The number of nitrogens with one attached hydrogen (secondary N) is 1. The molecule has 5 aliphatic rings. The molecule has 0 spiro atoms. The maximum absolute atomic E-state index is 13.0. The fourth-order valence-electron chi connectivity index (χ4n) is 6.57. The molecule has 3 heterocycles. The van der Waals surface area contributed by atoms with Crippen LogP contribution >= 0.6 is 0 Å². The first-order valence-electron chi connectivity index (χ1n) is 10.7. The van der Waals surface area contributed by atoms with Crippen molar-refractivity contribution in [2.45, 2.75) is 62.7 Å². The van der Waals surface area contributed by atoms with Crippen LogP contribution in [0.2, 0.25) is 0 Å². The van der Waals surface area contributed by atoms with E-state index in [0.29, 0.717) is 23.0 Å². The van der Waals surface area contributed by atoms with Crippen molar-refractivity contribution in [3.63, 3.8) is 0 Å². The van der Waals surface area contributed by atoms with E-state index in [1.54, 1.807) is 0 Å². The summed E-state index contributed by atoms with van der Waals surface area (Å²) in [7, 11) is 0. The number of nitrogens with two attached hydrogens (primary N) is 1. The predicted octanol–water partition coefficient (Wildman–Crippen LogP) is -0.0314. The second kappa shape index (κ2) is 6.60. The number of fused-ring (bicyclic) bond motifs is 1. The number of aliphatic hydroxyl groups is 2. The van der Waals surface area contributed by atoms with Crippen LogP contribution < -0.4 is 11.1 Å². The van der Waals surface area contributed by atoms with Crippen molar-refractivity contribution in [2.75, 3.05) is 5.73 Å². The van der Waals surface area contributed by atoms with Crippen LogP contribution in [0.3, 0.4) is 0 Å². The van der Waals surface area contributed by atoms with Crippen LogP contribution in [0.25, 0.3) is 11.2 Å². The van der Waals surface area contributed by atoms with Crippen LogP contribution in [0.5, 0.6) is 0 Å². The maximum atomic E-state index is 13.0. The first kappa shape index (κ1) is 18.5. The van der Waals surface area contributed by atoms with Gasteiger partial charge in [-0.25, -0.2) is 15.0 Å². The summed E-state index contributed by atoms with van der Waals surface area (Å²) in [5, 5.41) is 24.3. The van der Waals surface area contributed by atoms with Gasteiger partial charge in [-0.05, 0) is 55.8 Å². The van der Waals surface area contributed by atoms with Gasteiger partial charge in [0.05, 0.1) is 6.33 Å². The van der Waals surface area contributed by atoms with E-state index >= 15 is 0 Å². The zero-order chi connectivity index (χ0) is 20.6. The van der Waals surface area contributed by atoms with Gasteiger partial charge in [0.2, 0.25) is 0 Å². The van der Waals surface area contributed by atoms with E-state index in [4.69, 9.17) is 10.5 Å². The Morgan fingerprint density at radius 2 is 1.77 bits per heavy atom. The lowest BCUT2D eigenvalue weighted by Crippen LogP contribution is -2.58. The number of hydrogen-bond acceptors (Lipinski definition) is 8. The van der Waals surface area contributed by atoms with E-state index in [2.05, 4.69) is 20.3 Å². The number of aliphatic hydroxyl groups excluding tert-OH is 2. The molecule has 1 amide bonds. The molecule has 5 fully saturated rings. The van der Waals surface area contributed by atoms with Gasteiger partial charge in [-0.2, -0.15) is 0 Å². The molecule has 2 aromatic rings. The van der Waals surface area contributed by atoms with Gasteiger partial charge >= 0.3 is 0 Å². The molecule has 4 bridgehead atoms. The molecule has 0 radical (unpaired) electrons. The Morgan fingerprint density at radius 3 is 2.47 bits per heavy atom. The molecule has 30 heavy (non-hydrogen) atoms.